The van der Waals surface area contributed by atoms with Gasteiger partial charge in [-0.3, -0.25) is 0 Å². The molecule has 154 valence electrons. The molecule has 0 saturated carbocycles. The first-order valence-electron chi connectivity index (χ1n) is 11.1. The molecule has 0 radical (unpaired) electrons. The first-order chi connectivity index (χ1) is 15.5. The predicted molar refractivity (Wildman–Crippen MR) is 131 cm³/mol. The Morgan fingerprint density at radius 2 is 1.88 bits per heavy atom. The Bertz CT molecular complexity index is 1880. The van der Waals surface area contributed by atoms with Crippen LogP contribution in [0.25, 0.3) is 48.3 Å². The van der Waals surface area contributed by atoms with Crippen LogP contribution in [-0.4, -0.2) is 4.68 Å². The summed E-state index contributed by atoms with van der Waals surface area (Å²) in [6.07, 6.45) is 6.88. The van der Waals surface area contributed by atoms with Gasteiger partial charge >= 0.3 is 188 Å². The minimum atomic E-state index is -2.53. The number of hydrogen-bond donors (Lipinski definition) is 0. The van der Waals surface area contributed by atoms with Crippen LogP contribution < -0.4 is 19.4 Å². The van der Waals surface area contributed by atoms with Crippen LogP contribution in [0.3, 0.4) is 0 Å². The zero-order valence-electron chi connectivity index (χ0n) is 17.9. The van der Waals surface area contributed by atoms with Crippen molar-refractivity contribution in [3.8, 4) is 16.9 Å². The molecule has 0 atom stereocenters. The summed E-state index contributed by atoms with van der Waals surface area (Å²) in [5.41, 5.74) is 6.55. The number of furan rings is 1. The molecule has 0 unspecified atom stereocenters. The van der Waals surface area contributed by atoms with Gasteiger partial charge in [0, 0.05) is 0 Å². The zero-order valence-corrected chi connectivity index (χ0v) is 19.7. The Labute approximate surface area is 188 Å². The van der Waals surface area contributed by atoms with Crippen LogP contribution in [0.5, 0.6) is 0 Å². The molecule has 9 rings (SSSR count). The molecule has 4 aromatic heterocycles. The first kappa shape index (κ1) is 16.6. The van der Waals surface area contributed by atoms with Gasteiger partial charge in [0.15, 0.2) is 0 Å². The Kier molecular flexibility index (Phi) is 2.43. The number of pyridine rings is 1. The van der Waals surface area contributed by atoms with Crippen LogP contribution in [0.2, 0.25) is 0 Å². The summed E-state index contributed by atoms with van der Waals surface area (Å²) in [6.45, 7) is 6.90. The third kappa shape index (κ3) is 1.45. The molecular weight excluding hydrogens is 433 g/mol. The van der Waals surface area contributed by atoms with Gasteiger partial charge in [0.2, 0.25) is 0 Å². The maximum absolute atomic E-state index is 6.45. The quantitative estimate of drug-likeness (QED) is 0.306. The summed E-state index contributed by atoms with van der Waals surface area (Å²) in [4.78, 5) is 1.07. The van der Waals surface area contributed by atoms with Gasteiger partial charge in [-0.15, -0.1) is 0 Å². The second-order valence-electron chi connectivity index (χ2n) is 10.3. The van der Waals surface area contributed by atoms with Crippen molar-refractivity contribution in [1.82, 2.24) is 4.68 Å². The molecule has 4 nitrogen and oxygen atoms in total. The van der Waals surface area contributed by atoms with E-state index in [1.54, 1.807) is 11.3 Å². The fraction of sp³-hybridized carbons (Fsp3) is 0.154. The molecule has 2 aromatic carbocycles. The molecule has 0 amide bonds. The fourth-order valence-electron chi connectivity index (χ4n) is 6.56. The van der Waals surface area contributed by atoms with E-state index in [-0.39, 0.29) is 5.41 Å². The van der Waals surface area contributed by atoms with E-state index in [4.69, 9.17) is 4.42 Å². The van der Waals surface area contributed by atoms with Gasteiger partial charge in [-0.2, -0.15) is 0 Å². The summed E-state index contributed by atoms with van der Waals surface area (Å²) in [6, 6.07) is 16.1. The molecule has 6 heteroatoms. The Hall–Kier alpha value is -3.01. The maximum atomic E-state index is 6.45. The van der Waals surface area contributed by atoms with E-state index in [1.165, 1.54) is 54.0 Å². The van der Waals surface area contributed by atoms with Gasteiger partial charge in [-0.05, 0) is 0 Å². The van der Waals surface area contributed by atoms with Crippen LogP contribution in [0, 0.1) is 0 Å². The van der Waals surface area contributed by atoms with Crippen molar-refractivity contribution in [3.05, 3.63) is 66.6 Å². The van der Waals surface area contributed by atoms with Crippen molar-refractivity contribution in [1.29, 1.82) is 0 Å². The predicted octanol–water partition coefficient (Wildman–Crippen LogP) is 4.70. The minimum absolute atomic E-state index is 0.104. The number of hydrogen-bond acceptors (Lipinski definition) is 2. The third-order valence-corrected chi connectivity index (χ3v) is 13.4. The van der Waals surface area contributed by atoms with Crippen molar-refractivity contribution >= 4 is 60.8 Å². The summed E-state index contributed by atoms with van der Waals surface area (Å²) in [5, 5.41) is 7.14. The van der Waals surface area contributed by atoms with Gasteiger partial charge in [-0.25, -0.2) is 0 Å². The number of nitrogens with zero attached hydrogens (tertiary/aromatic N) is 3. The molecule has 3 aliphatic heterocycles. The molecule has 0 bridgehead atoms. The zero-order chi connectivity index (χ0) is 21.1. The van der Waals surface area contributed by atoms with Crippen molar-refractivity contribution in [2.24, 2.45) is 0 Å². The van der Waals surface area contributed by atoms with E-state index < -0.39 is 7.56 Å². The molecule has 3 aliphatic rings. The standard InChI is InChI=1S/C26H20N3OPS/c1-26(2,3)14-9-12-28-17(13-14)15-5-7-18-20-22-21-19(32-25(22)30-18)8-6-16-24(21)31(28,23(15)20)29-11-4-10-27(16)29/h4-13,31H,1-3H3/q+2. The molecule has 1 spiro atoms. The van der Waals surface area contributed by atoms with E-state index in [2.05, 4.69) is 95.3 Å². The summed E-state index contributed by atoms with van der Waals surface area (Å²) in [7, 11) is -2.53. The third-order valence-electron chi connectivity index (χ3n) is 7.83. The summed E-state index contributed by atoms with van der Waals surface area (Å²) >= 11 is 1.80. The Balaban J connectivity index is 1.62. The first-order valence-corrected chi connectivity index (χ1v) is 13.8. The van der Waals surface area contributed by atoms with Crippen LogP contribution in [0.15, 0.2) is 65.5 Å². The Morgan fingerprint density at radius 1 is 0.969 bits per heavy atom. The van der Waals surface area contributed by atoms with E-state index >= 15 is 0 Å². The van der Waals surface area contributed by atoms with Gasteiger partial charge in [0.25, 0.3) is 0 Å². The van der Waals surface area contributed by atoms with Gasteiger partial charge in [0.1, 0.15) is 0 Å². The summed E-state index contributed by atoms with van der Waals surface area (Å²) < 4.78 is 15.4. The van der Waals surface area contributed by atoms with E-state index in [0.29, 0.717) is 0 Å². The van der Waals surface area contributed by atoms with Crippen molar-refractivity contribution < 1.29 is 13.2 Å². The molecule has 6 aromatic rings. The van der Waals surface area contributed by atoms with Crippen molar-refractivity contribution in [2.45, 2.75) is 26.2 Å². The SMILES string of the molecule is CC(C)(C)c1cc[n+]2c(c1)-c1ccc3oc4sc5ccc6c7c5c4c3c1[PH]72[n+]1cccn1-6. The van der Waals surface area contributed by atoms with Gasteiger partial charge in [-0.1, -0.05) is 0 Å². The molecule has 32 heavy (non-hydrogen) atoms. The topological polar surface area (TPSA) is 25.8 Å². The van der Waals surface area contributed by atoms with Crippen LogP contribution in [-0.2, 0) is 5.41 Å². The second kappa shape index (κ2) is 4.68. The molecule has 0 fully saturated rings. The molecule has 7 heterocycles. The van der Waals surface area contributed by atoms with Gasteiger partial charge < -0.3 is 0 Å². The van der Waals surface area contributed by atoms with Crippen molar-refractivity contribution in [2.75, 3.05) is 0 Å². The van der Waals surface area contributed by atoms with E-state index in [9.17, 15) is 0 Å². The van der Waals surface area contributed by atoms with E-state index in [0.717, 1.165) is 10.5 Å². The van der Waals surface area contributed by atoms with Crippen LogP contribution >= 0.6 is 18.9 Å². The number of fused-ring (bicyclic) bond motifs is 4. The average molecular weight is 454 g/mol. The molecular formula is C26H20N3OPS+2. The molecule has 0 aliphatic carbocycles. The van der Waals surface area contributed by atoms with Crippen molar-refractivity contribution in [3.63, 3.8) is 0 Å². The summed E-state index contributed by atoms with van der Waals surface area (Å²) in [5.74, 6) is 0. The second-order valence-corrected chi connectivity index (χ2v) is 14.6. The normalized spacial score (nSPS) is 17.2. The molecule has 0 saturated heterocycles. The number of aromatic nitrogens is 3. The van der Waals surface area contributed by atoms with Crippen LogP contribution in [0.1, 0.15) is 26.3 Å². The van der Waals surface area contributed by atoms with E-state index in [1.807, 2.05) is 0 Å². The number of benzene rings is 2. The number of thiophene rings is 1. The van der Waals surface area contributed by atoms with Gasteiger partial charge in [0.05, 0.1) is 0 Å². The molecule has 0 N–H and O–H groups in total. The Morgan fingerprint density at radius 3 is 2.75 bits per heavy atom. The number of rotatable bonds is 0. The average Bonchev–Trinajstić information content (AvgIpc) is 3.53. The monoisotopic (exact) mass is 453 g/mol. The van der Waals surface area contributed by atoms with Crippen LogP contribution in [0.4, 0.5) is 0 Å². The fourth-order valence-corrected chi connectivity index (χ4v) is 13.1.